The second-order valence-corrected chi connectivity index (χ2v) is 7.67. The lowest BCUT2D eigenvalue weighted by atomic mass is 10.1. The number of rotatable bonds is 3. The predicted octanol–water partition coefficient (Wildman–Crippen LogP) is 2.66. The molecule has 0 atom stereocenters. The van der Waals surface area contributed by atoms with E-state index in [1.165, 1.54) is 0 Å². The van der Waals surface area contributed by atoms with Crippen LogP contribution >= 0.6 is 44.3 Å². The summed E-state index contributed by atoms with van der Waals surface area (Å²) >= 11 is 6.59. The van der Waals surface area contributed by atoms with Gasteiger partial charge in [-0.05, 0) is 60.1 Å². The van der Waals surface area contributed by atoms with Crippen LogP contribution in [-0.4, -0.2) is 27.5 Å². The molecule has 1 aromatic carbocycles. The molecule has 0 spiro atoms. The maximum atomic E-state index is 12.3. The molecule has 0 radical (unpaired) electrons. The first kappa shape index (κ1) is 17.4. The van der Waals surface area contributed by atoms with Gasteiger partial charge in [-0.25, -0.2) is 13.1 Å². The van der Waals surface area contributed by atoms with Crippen molar-refractivity contribution in [2.45, 2.75) is 23.8 Å². The summed E-state index contributed by atoms with van der Waals surface area (Å²) in [7, 11) is -3.45. The van der Waals surface area contributed by atoms with E-state index in [1.54, 1.807) is 18.2 Å². The van der Waals surface area contributed by atoms with Crippen molar-refractivity contribution in [3.63, 3.8) is 0 Å². The molecule has 0 bridgehead atoms. The van der Waals surface area contributed by atoms with Gasteiger partial charge in [0.05, 0.1) is 4.90 Å². The predicted molar refractivity (Wildman–Crippen MR) is 85.3 cm³/mol. The van der Waals surface area contributed by atoms with Crippen molar-refractivity contribution in [2.24, 2.45) is 0 Å². The van der Waals surface area contributed by atoms with Gasteiger partial charge in [0.25, 0.3) is 0 Å². The zero-order valence-corrected chi connectivity index (χ0v) is 14.8. The Bertz CT molecular complexity index is 533. The van der Waals surface area contributed by atoms with Crippen LogP contribution in [0.4, 0.5) is 0 Å². The van der Waals surface area contributed by atoms with Crippen molar-refractivity contribution in [3.8, 4) is 0 Å². The van der Waals surface area contributed by atoms with Gasteiger partial charge >= 0.3 is 0 Å². The van der Waals surface area contributed by atoms with Crippen molar-refractivity contribution < 1.29 is 8.42 Å². The van der Waals surface area contributed by atoms with Crippen molar-refractivity contribution in [1.29, 1.82) is 0 Å². The van der Waals surface area contributed by atoms with Gasteiger partial charge < -0.3 is 5.32 Å². The molecule has 1 aromatic rings. The fraction of sp³-hybridized carbons (Fsp3) is 0.455. The van der Waals surface area contributed by atoms with Gasteiger partial charge in [0.15, 0.2) is 0 Å². The van der Waals surface area contributed by atoms with Gasteiger partial charge in [0, 0.05) is 15.0 Å². The molecule has 0 saturated carbocycles. The standard InChI is InChI=1S/C11H14Br2N2O2S.ClH/c12-8-1-2-11(10(13)7-8)18(16,17)15-9-3-5-14-6-4-9;/h1-2,7,9,14-15H,3-6H2;1H. The zero-order valence-electron chi connectivity index (χ0n) is 10.0. The second kappa shape index (κ2) is 7.38. The third-order valence-electron chi connectivity index (χ3n) is 2.84. The maximum Gasteiger partial charge on any atom is 0.241 e. The summed E-state index contributed by atoms with van der Waals surface area (Å²) in [6, 6.07) is 5.07. The Hall–Kier alpha value is 0.340. The normalized spacial score (nSPS) is 16.9. The van der Waals surface area contributed by atoms with Crippen LogP contribution < -0.4 is 10.0 Å². The van der Waals surface area contributed by atoms with E-state index in [0.717, 1.165) is 30.4 Å². The number of piperidine rings is 1. The lowest BCUT2D eigenvalue weighted by molar-refractivity contribution is 0.427. The minimum absolute atomic E-state index is 0. The highest BCUT2D eigenvalue weighted by molar-refractivity contribution is 9.11. The van der Waals surface area contributed by atoms with Crippen LogP contribution in [0.15, 0.2) is 32.0 Å². The highest BCUT2D eigenvalue weighted by atomic mass is 79.9. The minimum atomic E-state index is -3.45. The number of nitrogens with one attached hydrogen (secondary N) is 2. The van der Waals surface area contributed by atoms with E-state index >= 15 is 0 Å². The summed E-state index contributed by atoms with van der Waals surface area (Å²) in [5.41, 5.74) is 0. The summed E-state index contributed by atoms with van der Waals surface area (Å²) < 4.78 is 28.7. The molecule has 0 aromatic heterocycles. The van der Waals surface area contributed by atoms with E-state index in [4.69, 9.17) is 0 Å². The molecule has 108 valence electrons. The molecule has 0 aliphatic carbocycles. The molecule has 19 heavy (non-hydrogen) atoms. The van der Waals surface area contributed by atoms with Gasteiger partial charge in [0.1, 0.15) is 0 Å². The van der Waals surface area contributed by atoms with Crippen LogP contribution in [0.5, 0.6) is 0 Å². The van der Waals surface area contributed by atoms with E-state index in [2.05, 4.69) is 41.9 Å². The molecular weight excluding hydrogens is 419 g/mol. The fourth-order valence-electron chi connectivity index (χ4n) is 1.92. The molecule has 1 aliphatic rings. The highest BCUT2D eigenvalue weighted by Crippen LogP contribution is 2.26. The van der Waals surface area contributed by atoms with Gasteiger partial charge in [-0.15, -0.1) is 12.4 Å². The average Bonchev–Trinajstić information content (AvgIpc) is 2.29. The first-order chi connectivity index (χ1) is 8.49. The molecule has 0 amide bonds. The molecule has 2 rings (SSSR count). The average molecular weight is 435 g/mol. The molecule has 1 fully saturated rings. The maximum absolute atomic E-state index is 12.3. The first-order valence-electron chi connectivity index (χ1n) is 5.67. The summed E-state index contributed by atoms with van der Waals surface area (Å²) in [4.78, 5) is 0.282. The van der Waals surface area contributed by atoms with Gasteiger partial charge in [-0.3, -0.25) is 0 Å². The third-order valence-corrected chi connectivity index (χ3v) is 5.83. The molecule has 4 nitrogen and oxygen atoms in total. The Kier molecular flexibility index (Phi) is 6.75. The van der Waals surface area contributed by atoms with Crippen LogP contribution in [0.25, 0.3) is 0 Å². The number of sulfonamides is 1. The monoisotopic (exact) mass is 432 g/mol. The second-order valence-electron chi connectivity index (χ2n) is 4.22. The van der Waals surface area contributed by atoms with Crippen LogP contribution in [0.1, 0.15) is 12.8 Å². The van der Waals surface area contributed by atoms with Crippen molar-refractivity contribution in [3.05, 3.63) is 27.1 Å². The summed E-state index contributed by atoms with van der Waals surface area (Å²) in [5, 5.41) is 3.21. The highest BCUT2D eigenvalue weighted by Gasteiger charge is 2.23. The zero-order chi connectivity index (χ0) is 13.2. The van der Waals surface area contributed by atoms with E-state index in [1.807, 2.05) is 0 Å². The Morgan fingerprint density at radius 1 is 1.21 bits per heavy atom. The minimum Gasteiger partial charge on any atom is -0.317 e. The van der Waals surface area contributed by atoms with Crippen LogP contribution in [-0.2, 0) is 10.0 Å². The summed E-state index contributed by atoms with van der Waals surface area (Å²) in [6.45, 7) is 1.71. The topological polar surface area (TPSA) is 58.2 Å². The van der Waals surface area contributed by atoms with Gasteiger partial charge in [0.2, 0.25) is 10.0 Å². The van der Waals surface area contributed by atoms with Crippen molar-refractivity contribution >= 4 is 54.3 Å². The molecule has 1 heterocycles. The first-order valence-corrected chi connectivity index (χ1v) is 8.74. The van der Waals surface area contributed by atoms with E-state index in [0.29, 0.717) is 4.47 Å². The van der Waals surface area contributed by atoms with E-state index < -0.39 is 10.0 Å². The van der Waals surface area contributed by atoms with Crippen molar-refractivity contribution in [1.82, 2.24) is 10.0 Å². The van der Waals surface area contributed by atoms with Crippen LogP contribution in [0.2, 0.25) is 0 Å². The smallest absolute Gasteiger partial charge is 0.241 e. The fourth-order valence-corrected chi connectivity index (χ4v) is 4.97. The Balaban J connectivity index is 0.00000180. The molecule has 0 unspecified atom stereocenters. The quantitative estimate of drug-likeness (QED) is 0.769. The van der Waals surface area contributed by atoms with Gasteiger partial charge in [-0.2, -0.15) is 0 Å². The number of benzene rings is 1. The molecule has 1 aliphatic heterocycles. The van der Waals surface area contributed by atoms with E-state index in [-0.39, 0.29) is 23.3 Å². The Morgan fingerprint density at radius 3 is 2.42 bits per heavy atom. The lowest BCUT2D eigenvalue weighted by Gasteiger charge is -2.23. The molecular formula is C11H15Br2ClN2O2S. The summed E-state index contributed by atoms with van der Waals surface area (Å²) in [6.07, 6.45) is 1.65. The molecule has 2 N–H and O–H groups in total. The lowest BCUT2D eigenvalue weighted by Crippen LogP contribution is -2.42. The third kappa shape index (κ3) is 4.68. The van der Waals surface area contributed by atoms with Crippen LogP contribution in [0.3, 0.4) is 0 Å². The van der Waals surface area contributed by atoms with E-state index in [9.17, 15) is 8.42 Å². The molecule has 1 saturated heterocycles. The van der Waals surface area contributed by atoms with Crippen molar-refractivity contribution in [2.75, 3.05) is 13.1 Å². The largest absolute Gasteiger partial charge is 0.317 e. The Labute approximate surface area is 136 Å². The molecule has 8 heteroatoms. The van der Waals surface area contributed by atoms with Crippen LogP contribution in [0, 0.1) is 0 Å². The van der Waals surface area contributed by atoms with Gasteiger partial charge in [-0.1, -0.05) is 15.9 Å². The number of hydrogen-bond donors (Lipinski definition) is 2. The number of halogens is 3. The Morgan fingerprint density at radius 2 is 1.84 bits per heavy atom. The summed E-state index contributed by atoms with van der Waals surface area (Å²) in [5.74, 6) is 0. The number of hydrogen-bond acceptors (Lipinski definition) is 3. The SMILES string of the molecule is Cl.O=S(=O)(NC1CCNCC1)c1ccc(Br)cc1Br.